The predicted octanol–water partition coefficient (Wildman–Crippen LogP) is 2.55. The summed E-state index contributed by atoms with van der Waals surface area (Å²) in [5.41, 5.74) is 1.90. The number of ether oxygens (including phenoxy) is 1. The van der Waals surface area contributed by atoms with E-state index in [1.807, 2.05) is 37.0 Å². The third-order valence-electron chi connectivity index (χ3n) is 2.72. The van der Waals surface area contributed by atoms with Crippen LogP contribution in [0.15, 0.2) is 18.2 Å². The molecule has 0 saturated heterocycles. The Hall–Kier alpha value is -0.870. The highest BCUT2D eigenvalue weighted by molar-refractivity contribution is 7.98. The number of rotatable bonds is 6. The summed E-state index contributed by atoms with van der Waals surface area (Å²) < 4.78 is 5.31. The van der Waals surface area contributed by atoms with Gasteiger partial charge in [-0.25, -0.2) is 0 Å². The first-order valence-electron chi connectivity index (χ1n) is 5.66. The zero-order valence-corrected chi connectivity index (χ0v) is 11.8. The van der Waals surface area contributed by atoms with Crippen LogP contribution in [0.25, 0.3) is 0 Å². The van der Waals surface area contributed by atoms with E-state index in [9.17, 15) is 5.11 Å². The molecule has 96 valence electrons. The molecule has 3 nitrogen and oxygen atoms in total. The fraction of sp³-hybridized carbons (Fsp3) is 0.538. The lowest BCUT2D eigenvalue weighted by Gasteiger charge is -2.24. The highest BCUT2D eigenvalue weighted by Gasteiger charge is 2.16. The normalized spacial score (nSPS) is 12.3. The Morgan fingerprint density at radius 1 is 1.47 bits per heavy atom. The first kappa shape index (κ1) is 14.2. The number of benzene rings is 1. The van der Waals surface area contributed by atoms with Crippen LogP contribution in [0.1, 0.15) is 18.6 Å². The highest BCUT2D eigenvalue weighted by Crippen LogP contribution is 2.33. The number of hydrogen-bond donors (Lipinski definition) is 1. The summed E-state index contributed by atoms with van der Waals surface area (Å²) in [5, 5.41) is 9.88. The van der Waals surface area contributed by atoms with Crippen LogP contribution in [0.2, 0.25) is 0 Å². The zero-order valence-electron chi connectivity index (χ0n) is 10.9. The lowest BCUT2D eigenvalue weighted by atomic mass is 10.1. The van der Waals surface area contributed by atoms with Crippen LogP contribution in [0, 0.1) is 0 Å². The van der Waals surface area contributed by atoms with Crippen molar-refractivity contribution in [2.24, 2.45) is 0 Å². The lowest BCUT2D eigenvalue weighted by molar-refractivity contribution is 0.194. The van der Waals surface area contributed by atoms with E-state index in [0.717, 1.165) is 29.3 Å². The quantitative estimate of drug-likeness (QED) is 0.847. The standard InChI is InChI=1S/C13H21NO2S/c1-10(15)13-11(14(2)8-9-17-4)6-5-7-12(13)16-3/h5-7,10,15H,8-9H2,1-4H3/t10-/m0/s1. The molecule has 1 aromatic rings. The van der Waals surface area contributed by atoms with Crippen LogP contribution in [0.3, 0.4) is 0 Å². The smallest absolute Gasteiger partial charge is 0.126 e. The zero-order chi connectivity index (χ0) is 12.8. The molecule has 0 unspecified atom stereocenters. The maximum absolute atomic E-state index is 9.88. The van der Waals surface area contributed by atoms with Crippen molar-refractivity contribution in [3.63, 3.8) is 0 Å². The minimum Gasteiger partial charge on any atom is -0.496 e. The molecule has 0 bridgehead atoms. The number of hydrogen-bond acceptors (Lipinski definition) is 4. The summed E-state index contributed by atoms with van der Waals surface area (Å²) in [6, 6.07) is 5.86. The summed E-state index contributed by atoms with van der Waals surface area (Å²) in [5.74, 6) is 1.81. The van der Waals surface area contributed by atoms with Gasteiger partial charge >= 0.3 is 0 Å². The van der Waals surface area contributed by atoms with E-state index in [4.69, 9.17) is 4.74 Å². The molecule has 0 aromatic heterocycles. The van der Waals surface area contributed by atoms with Gasteiger partial charge in [-0.15, -0.1) is 0 Å². The summed E-state index contributed by atoms with van der Waals surface area (Å²) in [7, 11) is 3.67. The Morgan fingerprint density at radius 3 is 2.71 bits per heavy atom. The number of nitrogens with zero attached hydrogens (tertiary/aromatic N) is 1. The molecule has 0 heterocycles. The third-order valence-corrected chi connectivity index (χ3v) is 3.31. The van der Waals surface area contributed by atoms with Crippen molar-refractivity contribution < 1.29 is 9.84 Å². The second kappa shape index (κ2) is 6.77. The Labute approximate surface area is 108 Å². The van der Waals surface area contributed by atoms with Crippen LogP contribution in [0.4, 0.5) is 5.69 Å². The molecule has 0 aliphatic rings. The largest absolute Gasteiger partial charge is 0.496 e. The second-order valence-electron chi connectivity index (χ2n) is 3.98. The van der Waals surface area contributed by atoms with Crippen LogP contribution < -0.4 is 9.64 Å². The minimum atomic E-state index is -0.530. The van der Waals surface area contributed by atoms with Gasteiger partial charge in [-0.2, -0.15) is 11.8 Å². The predicted molar refractivity (Wildman–Crippen MR) is 75.3 cm³/mol. The summed E-state index contributed by atoms with van der Waals surface area (Å²) >= 11 is 1.81. The molecule has 0 aliphatic heterocycles. The maximum atomic E-state index is 9.88. The fourth-order valence-electron chi connectivity index (χ4n) is 1.81. The van der Waals surface area contributed by atoms with E-state index in [1.54, 1.807) is 14.0 Å². The van der Waals surface area contributed by atoms with Crippen LogP contribution >= 0.6 is 11.8 Å². The molecule has 0 radical (unpaired) electrons. The second-order valence-corrected chi connectivity index (χ2v) is 4.97. The number of anilines is 1. The molecule has 17 heavy (non-hydrogen) atoms. The van der Waals surface area contributed by atoms with Crippen LogP contribution in [0.5, 0.6) is 5.75 Å². The molecule has 0 saturated carbocycles. The molecule has 1 atom stereocenters. The average Bonchev–Trinajstić information content (AvgIpc) is 2.34. The number of aliphatic hydroxyl groups is 1. The SMILES string of the molecule is COc1cccc(N(C)CCSC)c1[C@H](C)O. The lowest BCUT2D eigenvalue weighted by Crippen LogP contribution is -2.22. The minimum absolute atomic E-state index is 0.530. The van der Waals surface area contributed by atoms with E-state index < -0.39 is 6.10 Å². The molecular formula is C13H21NO2S. The number of aliphatic hydroxyl groups excluding tert-OH is 1. The van der Waals surface area contributed by atoms with Gasteiger partial charge in [0, 0.05) is 30.6 Å². The highest BCUT2D eigenvalue weighted by atomic mass is 32.2. The van der Waals surface area contributed by atoms with E-state index in [2.05, 4.69) is 11.2 Å². The van der Waals surface area contributed by atoms with E-state index >= 15 is 0 Å². The third kappa shape index (κ3) is 3.54. The van der Waals surface area contributed by atoms with Gasteiger partial charge in [-0.3, -0.25) is 0 Å². The van der Waals surface area contributed by atoms with E-state index in [1.165, 1.54) is 0 Å². The molecule has 1 rings (SSSR count). The van der Waals surface area contributed by atoms with Crippen LogP contribution in [-0.4, -0.2) is 37.8 Å². The van der Waals surface area contributed by atoms with Gasteiger partial charge in [-0.05, 0) is 25.3 Å². The molecule has 0 amide bonds. The monoisotopic (exact) mass is 255 g/mol. The maximum Gasteiger partial charge on any atom is 0.126 e. The van der Waals surface area contributed by atoms with Gasteiger partial charge in [0.1, 0.15) is 5.75 Å². The molecular weight excluding hydrogens is 234 g/mol. The first-order chi connectivity index (χ1) is 8.11. The Kier molecular flexibility index (Phi) is 5.65. The molecule has 0 spiro atoms. The Morgan fingerprint density at radius 2 is 2.18 bits per heavy atom. The van der Waals surface area contributed by atoms with Gasteiger partial charge in [0.05, 0.1) is 13.2 Å². The van der Waals surface area contributed by atoms with Gasteiger partial charge in [0.25, 0.3) is 0 Å². The van der Waals surface area contributed by atoms with Crippen molar-refractivity contribution in [3.8, 4) is 5.75 Å². The molecule has 0 fully saturated rings. The fourth-order valence-corrected chi connectivity index (χ4v) is 2.27. The molecule has 4 heteroatoms. The average molecular weight is 255 g/mol. The summed E-state index contributed by atoms with van der Waals surface area (Å²) in [6.07, 6.45) is 1.56. The van der Waals surface area contributed by atoms with Crippen molar-refractivity contribution in [3.05, 3.63) is 23.8 Å². The van der Waals surface area contributed by atoms with Crippen molar-refractivity contribution in [2.75, 3.05) is 37.6 Å². The molecule has 1 aromatic carbocycles. The van der Waals surface area contributed by atoms with Crippen molar-refractivity contribution in [1.82, 2.24) is 0 Å². The van der Waals surface area contributed by atoms with E-state index in [-0.39, 0.29) is 0 Å². The van der Waals surface area contributed by atoms with Gasteiger partial charge < -0.3 is 14.7 Å². The van der Waals surface area contributed by atoms with Gasteiger partial charge in [0.2, 0.25) is 0 Å². The van der Waals surface area contributed by atoms with Gasteiger partial charge in [-0.1, -0.05) is 6.07 Å². The van der Waals surface area contributed by atoms with Crippen molar-refractivity contribution in [2.45, 2.75) is 13.0 Å². The summed E-state index contributed by atoms with van der Waals surface area (Å²) in [6.45, 7) is 2.72. The van der Waals surface area contributed by atoms with Crippen LogP contribution in [-0.2, 0) is 0 Å². The Balaban J connectivity index is 3.05. The van der Waals surface area contributed by atoms with Gasteiger partial charge in [0.15, 0.2) is 0 Å². The number of thioether (sulfide) groups is 1. The summed E-state index contributed by atoms with van der Waals surface area (Å²) in [4.78, 5) is 2.15. The topological polar surface area (TPSA) is 32.7 Å². The van der Waals surface area contributed by atoms with E-state index in [0.29, 0.717) is 0 Å². The first-order valence-corrected chi connectivity index (χ1v) is 7.06. The number of methoxy groups -OCH3 is 1. The van der Waals surface area contributed by atoms with Crippen molar-refractivity contribution >= 4 is 17.4 Å². The Bertz CT molecular complexity index is 355. The molecule has 1 N–H and O–H groups in total. The molecule has 0 aliphatic carbocycles. The van der Waals surface area contributed by atoms with Crippen molar-refractivity contribution in [1.29, 1.82) is 0 Å².